The number of methoxy groups -OCH3 is 1. The summed E-state index contributed by atoms with van der Waals surface area (Å²) in [6.07, 6.45) is -1.39. The lowest BCUT2D eigenvalue weighted by atomic mass is 9.87. The molecule has 5 rings (SSSR count). The summed E-state index contributed by atoms with van der Waals surface area (Å²) in [4.78, 5) is 13.2. The van der Waals surface area contributed by atoms with Gasteiger partial charge in [-0.3, -0.25) is 0 Å². The zero-order valence-electron chi connectivity index (χ0n) is 23.7. The van der Waals surface area contributed by atoms with Gasteiger partial charge < -0.3 is 34.1 Å². The van der Waals surface area contributed by atoms with Crippen LogP contribution in [0.25, 0.3) is 10.8 Å². The minimum Gasteiger partial charge on any atom is -0.496 e. The maximum Gasteiger partial charge on any atom is 0.407 e. The molecular formula is C34H37NO7. The number of aliphatic hydroxyl groups is 1. The fourth-order valence-corrected chi connectivity index (χ4v) is 5.42. The van der Waals surface area contributed by atoms with Crippen LogP contribution in [0.4, 0.5) is 4.79 Å². The lowest BCUT2D eigenvalue weighted by Crippen LogP contribution is -2.46. The summed E-state index contributed by atoms with van der Waals surface area (Å²) in [5, 5.41) is 22.0. The quantitative estimate of drug-likeness (QED) is 0.220. The molecule has 0 saturated carbocycles. The molecule has 1 aliphatic heterocycles. The Hall–Kier alpha value is -4.11. The molecule has 42 heavy (non-hydrogen) atoms. The number of aliphatic hydroxyl groups excluding tert-OH is 1. The Kier molecular flexibility index (Phi) is 9.92. The first-order valence-corrected chi connectivity index (χ1v) is 14.2. The molecule has 4 aromatic rings. The van der Waals surface area contributed by atoms with Gasteiger partial charge in [-0.05, 0) is 35.1 Å². The number of likely N-dealkylation sites (tertiary alicyclic amines) is 1. The first-order valence-electron chi connectivity index (χ1n) is 14.2. The Morgan fingerprint density at radius 3 is 2.45 bits per heavy atom. The zero-order valence-corrected chi connectivity index (χ0v) is 23.7. The van der Waals surface area contributed by atoms with Crippen LogP contribution in [0, 0.1) is 0 Å². The van der Waals surface area contributed by atoms with E-state index in [0.717, 1.165) is 33.2 Å². The lowest BCUT2D eigenvalue weighted by molar-refractivity contribution is -0.0204. The van der Waals surface area contributed by atoms with Crippen LogP contribution in [-0.4, -0.2) is 66.8 Å². The maximum atomic E-state index is 11.8. The summed E-state index contributed by atoms with van der Waals surface area (Å²) in [5.41, 5.74) is 3.01. The van der Waals surface area contributed by atoms with Crippen LogP contribution in [0.5, 0.6) is 11.5 Å². The van der Waals surface area contributed by atoms with Gasteiger partial charge in [-0.25, -0.2) is 4.79 Å². The molecule has 0 bridgehead atoms. The Balaban J connectivity index is 1.20. The van der Waals surface area contributed by atoms with Crippen LogP contribution < -0.4 is 9.47 Å². The highest BCUT2D eigenvalue weighted by Crippen LogP contribution is 2.34. The van der Waals surface area contributed by atoms with Gasteiger partial charge >= 0.3 is 6.09 Å². The van der Waals surface area contributed by atoms with E-state index in [4.69, 9.17) is 18.9 Å². The summed E-state index contributed by atoms with van der Waals surface area (Å²) in [7, 11) is 1.65. The number of amides is 1. The van der Waals surface area contributed by atoms with Crippen molar-refractivity contribution in [3.05, 3.63) is 108 Å². The van der Waals surface area contributed by atoms with Gasteiger partial charge in [-0.1, -0.05) is 78.9 Å². The minimum atomic E-state index is -0.944. The van der Waals surface area contributed by atoms with Crippen molar-refractivity contribution in [2.24, 2.45) is 0 Å². The average Bonchev–Trinajstić information content (AvgIpc) is 3.03. The van der Waals surface area contributed by atoms with E-state index < -0.39 is 12.2 Å². The monoisotopic (exact) mass is 571 g/mol. The van der Waals surface area contributed by atoms with Crippen molar-refractivity contribution in [3.8, 4) is 11.5 Å². The van der Waals surface area contributed by atoms with E-state index >= 15 is 0 Å². The van der Waals surface area contributed by atoms with Gasteiger partial charge in [0, 0.05) is 23.4 Å². The van der Waals surface area contributed by atoms with E-state index in [1.54, 1.807) is 7.11 Å². The summed E-state index contributed by atoms with van der Waals surface area (Å²) >= 11 is 0. The first kappa shape index (κ1) is 29.4. The number of benzene rings is 4. The highest BCUT2D eigenvalue weighted by atomic mass is 16.5. The molecule has 2 N–H and O–H groups in total. The second-order valence-corrected chi connectivity index (χ2v) is 10.5. The van der Waals surface area contributed by atoms with Crippen LogP contribution in [0.1, 0.15) is 29.0 Å². The molecule has 1 fully saturated rings. The average molecular weight is 572 g/mol. The molecule has 8 nitrogen and oxygen atoms in total. The molecule has 1 saturated heterocycles. The van der Waals surface area contributed by atoms with Crippen molar-refractivity contribution in [1.82, 2.24) is 4.90 Å². The van der Waals surface area contributed by atoms with Gasteiger partial charge in [0.25, 0.3) is 0 Å². The second kappa shape index (κ2) is 14.2. The number of rotatable bonds is 12. The normalized spacial score (nSPS) is 17.6. The SMILES string of the molecule is COc1c(CO[C@H]2CN(C(=O)O)CC[C@@H]2c2ccc(OC[C@@H](O)COCc3ccccc3)cc2)ccc2ccccc12. The third-order valence-electron chi connectivity index (χ3n) is 7.62. The van der Waals surface area contributed by atoms with Crippen LogP contribution in [0.2, 0.25) is 0 Å². The van der Waals surface area contributed by atoms with Crippen molar-refractivity contribution in [1.29, 1.82) is 0 Å². The van der Waals surface area contributed by atoms with Gasteiger partial charge in [-0.2, -0.15) is 0 Å². The molecule has 1 aliphatic rings. The molecule has 0 radical (unpaired) electrons. The summed E-state index contributed by atoms with van der Waals surface area (Å²) in [6.45, 7) is 1.74. The molecule has 1 amide bonds. The molecular weight excluding hydrogens is 534 g/mol. The fourth-order valence-electron chi connectivity index (χ4n) is 5.42. The van der Waals surface area contributed by atoms with E-state index in [2.05, 4.69) is 0 Å². The van der Waals surface area contributed by atoms with Gasteiger partial charge in [0.15, 0.2) is 0 Å². The molecule has 8 heteroatoms. The molecule has 4 aromatic carbocycles. The number of ether oxygens (including phenoxy) is 4. The Morgan fingerprint density at radius 1 is 0.929 bits per heavy atom. The Bertz CT molecular complexity index is 1440. The molecule has 0 aromatic heterocycles. The first-order chi connectivity index (χ1) is 20.5. The highest BCUT2D eigenvalue weighted by Gasteiger charge is 2.33. The number of hydrogen-bond donors (Lipinski definition) is 2. The lowest BCUT2D eigenvalue weighted by Gasteiger charge is -2.37. The van der Waals surface area contributed by atoms with Crippen LogP contribution in [0.15, 0.2) is 91.0 Å². The molecule has 3 atom stereocenters. The van der Waals surface area contributed by atoms with Crippen molar-refractivity contribution in [2.45, 2.75) is 37.8 Å². The number of carboxylic acid groups (broad SMARTS) is 1. The Labute approximate surface area is 246 Å². The van der Waals surface area contributed by atoms with Crippen molar-refractivity contribution in [3.63, 3.8) is 0 Å². The smallest absolute Gasteiger partial charge is 0.407 e. The van der Waals surface area contributed by atoms with Gasteiger partial charge in [-0.15, -0.1) is 0 Å². The van der Waals surface area contributed by atoms with Crippen molar-refractivity contribution in [2.75, 3.05) is 33.4 Å². The van der Waals surface area contributed by atoms with E-state index in [1.807, 2.05) is 91.0 Å². The van der Waals surface area contributed by atoms with Gasteiger partial charge in [0.1, 0.15) is 24.2 Å². The fraction of sp³-hybridized carbons (Fsp3) is 0.324. The highest BCUT2D eigenvalue weighted by molar-refractivity contribution is 5.89. The third-order valence-corrected chi connectivity index (χ3v) is 7.62. The summed E-state index contributed by atoms with van der Waals surface area (Å²) in [5.74, 6) is 1.42. The van der Waals surface area contributed by atoms with E-state index in [-0.39, 0.29) is 31.8 Å². The van der Waals surface area contributed by atoms with Gasteiger partial charge in [0.2, 0.25) is 0 Å². The largest absolute Gasteiger partial charge is 0.496 e. The van der Waals surface area contributed by atoms with Gasteiger partial charge in [0.05, 0.1) is 39.6 Å². The summed E-state index contributed by atoms with van der Waals surface area (Å²) < 4.78 is 23.6. The number of carbonyl (C=O) groups is 1. The molecule has 0 aliphatic carbocycles. The minimum absolute atomic E-state index is 0.0121. The Morgan fingerprint density at radius 2 is 1.69 bits per heavy atom. The van der Waals surface area contributed by atoms with E-state index in [1.165, 1.54) is 4.90 Å². The number of piperidine rings is 1. The molecule has 0 unspecified atom stereocenters. The summed E-state index contributed by atoms with van der Waals surface area (Å²) in [6, 6.07) is 29.6. The predicted octanol–water partition coefficient (Wildman–Crippen LogP) is 5.86. The zero-order chi connectivity index (χ0) is 29.3. The van der Waals surface area contributed by atoms with E-state index in [9.17, 15) is 15.0 Å². The third kappa shape index (κ3) is 7.39. The van der Waals surface area contributed by atoms with Crippen molar-refractivity contribution >= 4 is 16.9 Å². The number of hydrogen-bond acceptors (Lipinski definition) is 6. The molecule has 1 heterocycles. The number of fused-ring (bicyclic) bond motifs is 1. The van der Waals surface area contributed by atoms with Crippen LogP contribution >= 0.6 is 0 Å². The van der Waals surface area contributed by atoms with Crippen LogP contribution in [0.3, 0.4) is 0 Å². The second-order valence-electron chi connectivity index (χ2n) is 10.5. The standard InChI is InChI=1S/C34H37NO7/c1-39-33-27(12-11-25-9-5-6-10-31(25)33)21-42-32-19-35(34(37)38)18-17-30(32)26-13-15-29(16-14-26)41-23-28(36)22-40-20-24-7-3-2-4-8-24/h2-16,28,30,32,36H,17-23H2,1H3,(H,37,38)/t28-,30+,32-/m0/s1. The molecule has 220 valence electrons. The number of nitrogens with zero attached hydrogens (tertiary/aromatic N) is 1. The van der Waals surface area contributed by atoms with Crippen LogP contribution in [-0.2, 0) is 22.7 Å². The predicted molar refractivity (Wildman–Crippen MR) is 160 cm³/mol. The van der Waals surface area contributed by atoms with Crippen molar-refractivity contribution < 1.29 is 34.0 Å². The van der Waals surface area contributed by atoms with E-state index in [0.29, 0.717) is 31.9 Å². The topological polar surface area (TPSA) is 97.7 Å². The molecule has 0 spiro atoms. The maximum absolute atomic E-state index is 11.8.